The summed E-state index contributed by atoms with van der Waals surface area (Å²) in [5.74, 6) is 0.692. The van der Waals surface area contributed by atoms with Crippen molar-refractivity contribution in [2.45, 2.75) is 53.4 Å². The normalized spacial score (nSPS) is 21.1. The number of hydrogen-bond acceptors (Lipinski definition) is 2. The smallest absolute Gasteiger partial charge is 0.0473 e. The predicted molar refractivity (Wildman–Crippen MR) is 91.3 cm³/mol. The van der Waals surface area contributed by atoms with Crippen LogP contribution in [0, 0.1) is 16.7 Å². The van der Waals surface area contributed by atoms with Crippen molar-refractivity contribution >= 4 is 6.21 Å². The van der Waals surface area contributed by atoms with Crippen molar-refractivity contribution in [1.29, 1.82) is 5.41 Å². The molecular weight excluding hydrogens is 256 g/mol. The van der Waals surface area contributed by atoms with E-state index in [0.717, 1.165) is 23.3 Å². The molecule has 0 atom stereocenters. The molecule has 2 aliphatic rings. The van der Waals surface area contributed by atoms with E-state index in [1.807, 2.05) is 6.92 Å². The van der Waals surface area contributed by atoms with Crippen molar-refractivity contribution in [2.24, 2.45) is 11.3 Å². The van der Waals surface area contributed by atoms with Crippen LogP contribution in [-0.4, -0.2) is 6.21 Å². The first kappa shape index (κ1) is 15.8. The summed E-state index contributed by atoms with van der Waals surface area (Å²) < 4.78 is 0. The maximum atomic E-state index is 7.59. The van der Waals surface area contributed by atoms with Crippen molar-refractivity contribution in [3.63, 3.8) is 0 Å². The fourth-order valence-electron chi connectivity index (χ4n) is 2.59. The minimum atomic E-state index is 0.365. The number of nitrogens with one attached hydrogen (secondary N) is 2. The average molecular weight is 284 g/mol. The molecule has 0 bridgehead atoms. The van der Waals surface area contributed by atoms with Gasteiger partial charge in [-0.15, -0.1) is 0 Å². The SMILES string of the molecule is C=C(C)/C(C=N)=C1\C=CC(CCC(C)(C)C)=C(C2CC2)N1. The van der Waals surface area contributed by atoms with Crippen molar-refractivity contribution in [1.82, 2.24) is 5.32 Å². The van der Waals surface area contributed by atoms with Crippen LogP contribution in [0.2, 0.25) is 0 Å². The van der Waals surface area contributed by atoms with Gasteiger partial charge in [-0.1, -0.05) is 33.4 Å². The molecule has 0 unspecified atom stereocenters. The molecule has 0 radical (unpaired) electrons. The molecule has 2 heteroatoms. The van der Waals surface area contributed by atoms with Gasteiger partial charge in [-0.05, 0) is 61.2 Å². The van der Waals surface area contributed by atoms with E-state index < -0.39 is 0 Å². The van der Waals surface area contributed by atoms with Crippen LogP contribution >= 0.6 is 0 Å². The maximum Gasteiger partial charge on any atom is 0.0473 e. The van der Waals surface area contributed by atoms with Crippen molar-refractivity contribution in [3.8, 4) is 0 Å². The molecule has 21 heavy (non-hydrogen) atoms. The number of allylic oxidation sites excluding steroid dienone is 6. The Morgan fingerprint density at radius 3 is 2.52 bits per heavy atom. The molecule has 2 rings (SSSR count). The molecular formula is C19H28N2. The van der Waals surface area contributed by atoms with E-state index in [2.05, 4.69) is 44.8 Å². The topological polar surface area (TPSA) is 35.9 Å². The van der Waals surface area contributed by atoms with Crippen molar-refractivity contribution in [3.05, 3.63) is 46.8 Å². The molecule has 0 aromatic rings. The van der Waals surface area contributed by atoms with Gasteiger partial charge in [0.25, 0.3) is 0 Å². The summed E-state index contributed by atoms with van der Waals surface area (Å²) in [5, 5.41) is 11.2. The first-order valence-electron chi connectivity index (χ1n) is 7.90. The van der Waals surface area contributed by atoms with E-state index in [9.17, 15) is 0 Å². The summed E-state index contributed by atoms with van der Waals surface area (Å²) in [6.07, 6.45) is 10.7. The molecule has 0 spiro atoms. The van der Waals surface area contributed by atoms with Gasteiger partial charge in [0.2, 0.25) is 0 Å². The zero-order chi connectivity index (χ0) is 15.6. The highest BCUT2D eigenvalue weighted by Gasteiger charge is 2.30. The molecule has 0 amide bonds. The molecule has 2 nitrogen and oxygen atoms in total. The van der Waals surface area contributed by atoms with Crippen LogP contribution in [0.4, 0.5) is 0 Å². The van der Waals surface area contributed by atoms with Gasteiger partial charge in [-0.2, -0.15) is 0 Å². The fraction of sp³-hybridized carbons (Fsp3) is 0.526. The fourth-order valence-corrected chi connectivity index (χ4v) is 2.59. The van der Waals surface area contributed by atoms with Crippen LogP contribution < -0.4 is 5.32 Å². The van der Waals surface area contributed by atoms with Crippen LogP contribution in [0.25, 0.3) is 0 Å². The second-order valence-electron chi connectivity index (χ2n) is 7.48. The van der Waals surface area contributed by atoms with Gasteiger partial charge >= 0.3 is 0 Å². The number of dihydropyridines is 1. The molecule has 0 aromatic carbocycles. The molecule has 1 saturated carbocycles. The summed E-state index contributed by atoms with van der Waals surface area (Å²) in [5.41, 5.74) is 6.06. The standard InChI is InChI=1S/C19H28N2/c1-13(2)16(12-20)17-9-8-15(10-11-19(3,4)5)18(21-17)14-6-7-14/h8-9,12,14,20-21H,1,6-7,10-11H2,2-5H3/b17-16+,20-12?. The summed E-state index contributed by atoms with van der Waals surface area (Å²) in [6, 6.07) is 0. The van der Waals surface area contributed by atoms with Gasteiger partial charge in [0.15, 0.2) is 0 Å². The molecule has 1 aliphatic heterocycles. The van der Waals surface area contributed by atoms with E-state index >= 15 is 0 Å². The second-order valence-corrected chi connectivity index (χ2v) is 7.48. The minimum Gasteiger partial charge on any atom is -0.358 e. The Hall–Kier alpha value is -1.57. The lowest BCUT2D eigenvalue weighted by Crippen LogP contribution is -2.21. The second kappa shape index (κ2) is 6.05. The summed E-state index contributed by atoms with van der Waals surface area (Å²) >= 11 is 0. The lowest BCUT2D eigenvalue weighted by atomic mass is 9.87. The molecule has 0 aromatic heterocycles. The Balaban J connectivity index is 2.24. The van der Waals surface area contributed by atoms with E-state index in [1.54, 1.807) is 0 Å². The minimum absolute atomic E-state index is 0.365. The largest absolute Gasteiger partial charge is 0.358 e. The van der Waals surface area contributed by atoms with Crippen LogP contribution in [0.5, 0.6) is 0 Å². The molecule has 0 saturated heterocycles. The third kappa shape index (κ3) is 4.20. The van der Waals surface area contributed by atoms with Gasteiger partial charge in [-0.25, -0.2) is 0 Å². The molecule has 1 aliphatic carbocycles. The molecule has 114 valence electrons. The van der Waals surface area contributed by atoms with Crippen LogP contribution in [0.3, 0.4) is 0 Å². The third-order valence-electron chi connectivity index (χ3n) is 4.09. The summed E-state index contributed by atoms with van der Waals surface area (Å²) in [4.78, 5) is 0. The van der Waals surface area contributed by atoms with Gasteiger partial charge < -0.3 is 10.7 Å². The molecule has 2 N–H and O–H groups in total. The Kier molecular flexibility index (Phi) is 4.55. The zero-order valence-electron chi connectivity index (χ0n) is 13.8. The number of hydrogen-bond donors (Lipinski definition) is 2. The lowest BCUT2D eigenvalue weighted by molar-refractivity contribution is 0.378. The molecule has 1 heterocycles. The Morgan fingerprint density at radius 2 is 2.05 bits per heavy atom. The van der Waals surface area contributed by atoms with Gasteiger partial charge in [0.05, 0.1) is 0 Å². The molecule has 1 fully saturated rings. The van der Waals surface area contributed by atoms with E-state index in [-0.39, 0.29) is 0 Å². The van der Waals surface area contributed by atoms with Gasteiger partial charge in [0, 0.05) is 23.2 Å². The van der Waals surface area contributed by atoms with E-state index in [0.29, 0.717) is 11.3 Å². The van der Waals surface area contributed by atoms with Crippen LogP contribution in [0.1, 0.15) is 53.4 Å². The van der Waals surface area contributed by atoms with Crippen molar-refractivity contribution < 1.29 is 0 Å². The van der Waals surface area contributed by atoms with Gasteiger partial charge in [-0.3, -0.25) is 0 Å². The van der Waals surface area contributed by atoms with Crippen molar-refractivity contribution in [2.75, 3.05) is 0 Å². The average Bonchev–Trinajstić information content (AvgIpc) is 3.20. The Morgan fingerprint density at radius 1 is 1.38 bits per heavy atom. The monoisotopic (exact) mass is 284 g/mol. The predicted octanol–water partition coefficient (Wildman–Crippen LogP) is 5.12. The highest BCUT2D eigenvalue weighted by Crippen LogP contribution is 2.40. The highest BCUT2D eigenvalue weighted by molar-refractivity contribution is 5.84. The van der Waals surface area contributed by atoms with E-state index in [1.165, 1.54) is 36.7 Å². The van der Waals surface area contributed by atoms with Gasteiger partial charge in [0.1, 0.15) is 0 Å². The summed E-state index contributed by atoms with van der Waals surface area (Å²) in [6.45, 7) is 12.8. The van der Waals surface area contributed by atoms with Crippen LogP contribution in [-0.2, 0) is 0 Å². The van der Waals surface area contributed by atoms with Crippen LogP contribution in [0.15, 0.2) is 46.8 Å². The lowest BCUT2D eigenvalue weighted by Gasteiger charge is -2.24. The summed E-state index contributed by atoms with van der Waals surface area (Å²) in [7, 11) is 0. The third-order valence-corrected chi connectivity index (χ3v) is 4.09. The van der Waals surface area contributed by atoms with E-state index in [4.69, 9.17) is 5.41 Å². The first-order chi connectivity index (χ1) is 9.81. The number of rotatable bonds is 5. The first-order valence-corrected chi connectivity index (χ1v) is 7.90. The quantitative estimate of drug-likeness (QED) is 0.676. The Bertz CT molecular complexity index is 534. The highest BCUT2D eigenvalue weighted by atomic mass is 14.9. The zero-order valence-corrected chi connectivity index (χ0v) is 13.8. The maximum absolute atomic E-state index is 7.59. The Labute approximate surface area is 129 Å².